The lowest BCUT2D eigenvalue weighted by Crippen LogP contribution is -2.19. The fraction of sp³-hybridized carbons (Fsp3) is 0.357. The summed E-state index contributed by atoms with van der Waals surface area (Å²) >= 11 is 0. The van der Waals surface area contributed by atoms with Crippen molar-refractivity contribution >= 4 is 15.6 Å². The van der Waals surface area contributed by atoms with Gasteiger partial charge in [0, 0.05) is 12.2 Å². The maximum atomic E-state index is 13.9. The van der Waals surface area contributed by atoms with E-state index in [2.05, 4.69) is 5.32 Å². The zero-order valence-electron chi connectivity index (χ0n) is 11.4. The second-order valence-corrected chi connectivity index (χ2v) is 6.69. The topological polar surface area (TPSA) is 63.2 Å². The molecule has 0 spiro atoms. The molecular formula is C14H16FNO3S. The lowest BCUT2D eigenvalue weighted by Gasteiger charge is -2.11. The number of sulfone groups is 1. The first-order valence-electron chi connectivity index (χ1n) is 6.33. The van der Waals surface area contributed by atoms with Crippen molar-refractivity contribution in [2.45, 2.75) is 31.6 Å². The van der Waals surface area contributed by atoms with E-state index >= 15 is 0 Å². The van der Waals surface area contributed by atoms with E-state index < -0.39 is 26.3 Å². The Balaban J connectivity index is 2.63. The van der Waals surface area contributed by atoms with E-state index in [-0.39, 0.29) is 4.91 Å². The van der Waals surface area contributed by atoms with E-state index in [9.17, 15) is 17.6 Å². The molecule has 6 heteroatoms. The Kier molecular flexibility index (Phi) is 3.94. The quantitative estimate of drug-likeness (QED) is 0.868. The molecule has 0 amide bonds. The van der Waals surface area contributed by atoms with Crippen LogP contribution in [-0.2, 0) is 14.6 Å². The molecule has 0 unspecified atom stereocenters. The number of carbonyl (C=O) groups is 1. The van der Waals surface area contributed by atoms with Crippen LogP contribution in [0.1, 0.15) is 25.3 Å². The van der Waals surface area contributed by atoms with Crippen LogP contribution in [0.2, 0.25) is 0 Å². The van der Waals surface area contributed by atoms with Crippen LogP contribution < -0.4 is 5.32 Å². The second kappa shape index (κ2) is 5.36. The van der Waals surface area contributed by atoms with Gasteiger partial charge in [-0.1, -0.05) is 6.07 Å². The van der Waals surface area contributed by atoms with E-state index in [0.29, 0.717) is 24.2 Å². The van der Waals surface area contributed by atoms with Crippen LogP contribution in [0.4, 0.5) is 4.39 Å². The Hall–Kier alpha value is -1.69. The monoisotopic (exact) mass is 297 g/mol. The molecule has 1 aliphatic heterocycles. The summed E-state index contributed by atoms with van der Waals surface area (Å²) in [6.07, 6.45) is 1.25. The molecule has 20 heavy (non-hydrogen) atoms. The third-order valence-electron chi connectivity index (χ3n) is 3.18. The summed E-state index contributed by atoms with van der Waals surface area (Å²) in [4.78, 5) is 11.0. The lowest BCUT2D eigenvalue weighted by molar-refractivity contribution is -0.113. The first kappa shape index (κ1) is 14.7. The number of carbonyl (C=O) groups excluding carboxylic acids is 1. The molecule has 2 rings (SSSR count). The number of hydrogen-bond donors (Lipinski definition) is 1. The Labute approximate surface area is 117 Å². The van der Waals surface area contributed by atoms with Gasteiger partial charge in [0.05, 0.1) is 0 Å². The van der Waals surface area contributed by atoms with E-state index in [1.807, 2.05) is 0 Å². The summed E-state index contributed by atoms with van der Waals surface area (Å²) in [6, 6.07) is 3.87. The van der Waals surface area contributed by atoms with Crippen LogP contribution >= 0.6 is 0 Å². The molecule has 0 aliphatic carbocycles. The van der Waals surface area contributed by atoms with Crippen LogP contribution in [0.3, 0.4) is 0 Å². The van der Waals surface area contributed by atoms with E-state index in [1.54, 1.807) is 6.92 Å². The van der Waals surface area contributed by atoms with E-state index in [1.165, 1.54) is 19.1 Å². The number of aryl methyl sites for hydroxylation is 1. The number of halogens is 1. The van der Waals surface area contributed by atoms with Gasteiger partial charge in [-0.25, -0.2) is 12.8 Å². The van der Waals surface area contributed by atoms with Crippen LogP contribution in [0.15, 0.2) is 33.7 Å². The van der Waals surface area contributed by atoms with Crippen molar-refractivity contribution in [3.05, 3.63) is 40.2 Å². The molecule has 1 aromatic rings. The average molecular weight is 297 g/mol. The number of rotatable bonds is 3. The SMILES string of the molecule is CC(=O)/C(=C1\CCCN1)S(=O)(=O)c1ccc(C)cc1F. The smallest absolute Gasteiger partial charge is 0.214 e. The van der Waals surface area contributed by atoms with Crippen molar-refractivity contribution in [3.63, 3.8) is 0 Å². The number of allylic oxidation sites excluding steroid dienone is 2. The number of Topliss-reactive ketones (excluding diaryl/α,β-unsaturated/α-hetero) is 1. The largest absolute Gasteiger partial charge is 0.387 e. The first-order valence-corrected chi connectivity index (χ1v) is 7.81. The maximum Gasteiger partial charge on any atom is 0.214 e. The fourth-order valence-electron chi connectivity index (χ4n) is 2.28. The van der Waals surface area contributed by atoms with Crippen LogP contribution in [0.25, 0.3) is 0 Å². The van der Waals surface area contributed by atoms with E-state index in [4.69, 9.17) is 0 Å². The third kappa shape index (κ3) is 2.60. The highest BCUT2D eigenvalue weighted by atomic mass is 32.2. The molecular weight excluding hydrogens is 281 g/mol. The van der Waals surface area contributed by atoms with Crippen molar-refractivity contribution < 1.29 is 17.6 Å². The molecule has 0 radical (unpaired) electrons. The molecule has 0 atom stereocenters. The summed E-state index contributed by atoms with van der Waals surface area (Å²) in [7, 11) is -4.14. The van der Waals surface area contributed by atoms with Gasteiger partial charge in [-0.15, -0.1) is 0 Å². The minimum atomic E-state index is -4.14. The summed E-state index contributed by atoms with van der Waals surface area (Å²) in [5.41, 5.74) is 1.01. The van der Waals surface area contributed by atoms with Gasteiger partial charge < -0.3 is 5.32 Å². The minimum absolute atomic E-state index is 0.322. The Morgan fingerprint density at radius 2 is 2.05 bits per heavy atom. The van der Waals surface area contributed by atoms with Gasteiger partial charge >= 0.3 is 0 Å². The van der Waals surface area contributed by atoms with Gasteiger partial charge in [-0.05, 0) is 44.4 Å². The molecule has 1 fully saturated rings. The molecule has 108 valence electrons. The van der Waals surface area contributed by atoms with Crippen molar-refractivity contribution in [1.82, 2.24) is 5.32 Å². The molecule has 1 aliphatic rings. The number of ketones is 1. The highest BCUT2D eigenvalue weighted by Gasteiger charge is 2.31. The van der Waals surface area contributed by atoms with Gasteiger partial charge in [0.1, 0.15) is 15.6 Å². The predicted molar refractivity (Wildman–Crippen MR) is 73.3 cm³/mol. The average Bonchev–Trinajstić information content (AvgIpc) is 2.80. The zero-order chi connectivity index (χ0) is 14.9. The normalized spacial score (nSPS) is 17.8. The highest BCUT2D eigenvalue weighted by Crippen LogP contribution is 2.28. The van der Waals surface area contributed by atoms with Gasteiger partial charge in [-0.3, -0.25) is 4.79 Å². The summed E-state index contributed by atoms with van der Waals surface area (Å²) < 4.78 is 39.0. The van der Waals surface area contributed by atoms with Crippen molar-refractivity contribution in [1.29, 1.82) is 0 Å². The molecule has 0 aromatic heterocycles. The van der Waals surface area contributed by atoms with Crippen molar-refractivity contribution in [3.8, 4) is 0 Å². The number of nitrogens with one attached hydrogen (secondary N) is 1. The molecule has 1 saturated heterocycles. The number of benzene rings is 1. The molecule has 1 N–H and O–H groups in total. The van der Waals surface area contributed by atoms with Crippen molar-refractivity contribution in [2.24, 2.45) is 0 Å². The standard InChI is InChI=1S/C14H16FNO3S/c1-9-5-6-13(11(15)8-9)20(18,19)14(10(2)17)12-4-3-7-16-12/h5-6,8,16H,3-4,7H2,1-2H3/b14-12-. The summed E-state index contributed by atoms with van der Waals surface area (Å²) in [5.74, 6) is -1.41. The lowest BCUT2D eigenvalue weighted by atomic mass is 10.2. The maximum absolute atomic E-state index is 13.9. The van der Waals surface area contributed by atoms with Gasteiger partial charge in [0.25, 0.3) is 0 Å². The van der Waals surface area contributed by atoms with Gasteiger partial charge in [-0.2, -0.15) is 0 Å². The summed E-state index contributed by atoms with van der Waals surface area (Å²) in [5, 5.41) is 2.90. The number of hydrogen-bond acceptors (Lipinski definition) is 4. The molecule has 0 saturated carbocycles. The summed E-state index contributed by atoms with van der Waals surface area (Å²) in [6.45, 7) is 3.48. The molecule has 1 heterocycles. The van der Waals surface area contributed by atoms with Gasteiger partial charge in [0.2, 0.25) is 9.84 Å². The predicted octanol–water partition coefficient (Wildman–Crippen LogP) is 2.09. The zero-order valence-corrected chi connectivity index (χ0v) is 12.2. The Morgan fingerprint density at radius 1 is 1.35 bits per heavy atom. The van der Waals surface area contributed by atoms with Crippen LogP contribution in [-0.4, -0.2) is 20.7 Å². The van der Waals surface area contributed by atoms with Crippen LogP contribution in [0.5, 0.6) is 0 Å². The fourth-order valence-corrected chi connectivity index (χ4v) is 3.94. The highest BCUT2D eigenvalue weighted by molar-refractivity contribution is 7.96. The third-order valence-corrected chi connectivity index (χ3v) is 5.16. The molecule has 0 bridgehead atoms. The second-order valence-electron chi connectivity index (χ2n) is 4.83. The Bertz CT molecular complexity index is 684. The van der Waals surface area contributed by atoms with Crippen LogP contribution in [0, 0.1) is 12.7 Å². The van der Waals surface area contributed by atoms with E-state index in [0.717, 1.165) is 12.5 Å². The minimum Gasteiger partial charge on any atom is -0.387 e. The first-order chi connectivity index (χ1) is 9.34. The Morgan fingerprint density at radius 3 is 2.55 bits per heavy atom. The van der Waals surface area contributed by atoms with Crippen molar-refractivity contribution in [2.75, 3.05) is 6.54 Å². The molecule has 4 nitrogen and oxygen atoms in total. The molecule has 1 aromatic carbocycles. The van der Waals surface area contributed by atoms with Gasteiger partial charge in [0.15, 0.2) is 5.78 Å².